The summed E-state index contributed by atoms with van der Waals surface area (Å²) in [6, 6.07) is 2.33. The van der Waals surface area contributed by atoms with E-state index in [1.54, 1.807) is 12.2 Å². The van der Waals surface area contributed by atoms with Crippen molar-refractivity contribution < 1.29 is 14.2 Å². The van der Waals surface area contributed by atoms with Gasteiger partial charge in [-0.1, -0.05) is 12.2 Å². The zero-order valence-electron chi connectivity index (χ0n) is 7.83. The number of halogens is 1. The molecule has 14 heavy (non-hydrogen) atoms. The van der Waals surface area contributed by atoms with E-state index in [1.807, 2.05) is 0 Å². The molecule has 1 rings (SSSR count). The van der Waals surface area contributed by atoms with Crippen LogP contribution in [0.15, 0.2) is 18.2 Å². The summed E-state index contributed by atoms with van der Waals surface area (Å²) in [6.07, 6.45) is 3.16. The summed E-state index contributed by atoms with van der Waals surface area (Å²) in [7, 11) is 1.37. The molecule has 0 aromatic heterocycles. The lowest BCUT2D eigenvalue weighted by Crippen LogP contribution is -1.93. The number of hydrogen-bond donors (Lipinski definition) is 2. The predicted molar refractivity (Wildman–Crippen MR) is 52.7 cm³/mol. The van der Waals surface area contributed by atoms with Crippen molar-refractivity contribution >= 4 is 6.08 Å². The molecule has 0 bridgehead atoms. The van der Waals surface area contributed by atoms with Crippen LogP contribution in [-0.4, -0.2) is 18.8 Å². The van der Waals surface area contributed by atoms with Crippen LogP contribution in [0.5, 0.6) is 11.5 Å². The minimum absolute atomic E-state index is 0.0846. The highest BCUT2D eigenvalue weighted by molar-refractivity contribution is 5.61. The van der Waals surface area contributed by atoms with Crippen LogP contribution in [0, 0.1) is 5.82 Å². The largest absolute Gasteiger partial charge is 0.504 e. The van der Waals surface area contributed by atoms with Crippen LogP contribution in [-0.2, 0) is 0 Å². The third-order valence-corrected chi connectivity index (χ3v) is 1.72. The molecule has 0 aliphatic rings. The van der Waals surface area contributed by atoms with Crippen molar-refractivity contribution in [3.63, 3.8) is 0 Å². The number of aromatic hydroxyl groups is 1. The van der Waals surface area contributed by atoms with Gasteiger partial charge >= 0.3 is 0 Å². The van der Waals surface area contributed by atoms with Crippen LogP contribution >= 0.6 is 0 Å². The molecule has 0 unspecified atom stereocenters. The Bertz CT molecular complexity index is 350. The smallest absolute Gasteiger partial charge is 0.165 e. The second-order valence-electron chi connectivity index (χ2n) is 2.68. The van der Waals surface area contributed by atoms with Gasteiger partial charge in [0.2, 0.25) is 0 Å². The molecule has 0 saturated heterocycles. The highest BCUT2D eigenvalue weighted by Crippen LogP contribution is 2.31. The first kappa shape index (κ1) is 10.5. The average Bonchev–Trinajstić information content (AvgIpc) is 2.18. The van der Waals surface area contributed by atoms with E-state index in [0.29, 0.717) is 12.1 Å². The number of benzene rings is 1. The first-order chi connectivity index (χ1) is 6.69. The molecule has 0 aliphatic heterocycles. The third kappa shape index (κ3) is 2.23. The van der Waals surface area contributed by atoms with E-state index in [0.717, 1.165) is 6.07 Å². The maximum Gasteiger partial charge on any atom is 0.165 e. The van der Waals surface area contributed by atoms with E-state index in [2.05, 4.69) is 0 Å². The Labute approximate surface area is 81.6 Å². The summed E-state index contributed by atoms with van der Waals surface area (Å²) < 4.78 is 17.8. The van der Waals surface area contributed by atoms with Crippen molar-refractivity contribution in [2.45, 2.75) is 0 Å². The molecule has 4 heteroatoms. The second kappa shape index (κ2) is 4.62. The molecule has 0 atom stereocenters. The van der Waals surface area contributed by atoms with Crippen LogP contribution in [0.3, 0.4) is 0 Å². The van der Waals surface area contributed by atoms with Crippen LogP contribution in [0.25, 0.3) is 6.08 Å². The topological polar surface area (TPSA) is 55.5 Å². The van der Waals surface area contributed by atoms with Crippen LogP contribution in [0.4, 0.5) is 4.39 Å². The molecule has 3 nitrogen and oxygen atoms in total. The van der Waals surface area contributed by atoms with Gasteiger partial charge in [0.05, 0.1) is 7.11 Å². The van der Waals surface area contributed by atoms with E-state index in [1.165, 1.54) is 13.2 Å². The molecule has 0 amide bonds. The fraction of sp³-hybridized carbons (Fsp3) is 0.200. The number of ether oxygens (including phenoxy) is 1. The Morgan fingerprint density at radius 2 is 2.29 bits per heavy atom. The minimum Gasteiger partial charge on any atom is -0.504 e. The zero-order valence-corrected chi connectivity index (χ0v) is 7.83. The van der Waals surface area contributed by atoms with Crippen molar-refractivity contribution in [1.29, 1.82) is 0 Å². The van der Waals surface area contributed by atoms with Crippen molar-refractivity contribution in [3.8, 4) is 11.5 Å². The van der Waals surface area contributed by atoms with E-state index < -0.39 is 5.82 Å². The van der Waals surface area contributed by atoms with Crippen molar-refractivity contribution in [2.75, 3.05) is 13.7 Å². The van der Waals surface area contributed by atoms with Gasteiger partial charge in [0.25, 0.3) is 0 Å². The molecule has 1 aromatic rings. The standard InChI is InChI=1S/C10H12FNO2/c1-14-9-6-8(11)5-7(10(9)13)3-2-4-12/h2-3,5-6,13H,4,12H2,1H3/b3-2+. The van der Waals surface area contributed by atoms with Gasteiger partial charge in [-0.05, 0) is 6.07 Å². The molecule has 0 saturated carbocycles. The predicted octanol–water partition coefficient (Wildman–Crippen LogP) is 1.51. The molecule has 0 aliphatic carbocycles. The van der Waals surface area contributed by atoms with Gasteiger partial charge in [-0.15, -0.1) is 0 Å². The number of hydrogen-bond acceptors (Lipinski definition) is 3. The Balaban J connectivity index is 3.15. The Morgan fingerprint density at radius 1 is 1.57 bits per heavy atom. The first-order valence-electron chi connectivity index (χ1n) is 4.12. The molecule has 0 heterocycles. The molecule has 0 radical (unpaired) electrons. The summed E-state index contributed by atoms with van der Waals surface area (Å²) in [6.45, 7) is 0.332. The SMILES string of the molecule is COc1cc(F)cc(/C=C/CN)c1O. The fourth-order valence-electron chi connectivity index (χ4n) is 1.07. The van der Waals surface area contributed by atoms with Gasteiger partial charge in [0, 0.05) is 18.2 Å². The average molecular weight is 197 g/mol. The Kier molecular flexibility index (Phi) is 3.48. The molecular weight excluding hydrogens is 185 g/mol. The number of phenolic OH excluding ortho intramolecular Hbond substituents is 1. The summed E-state index contributed by atoms with van der Waals surface area (Å²) in [5, 5.41) is 9.56. The quantitative estimate of drug-likeness (QED) is 0.772. The van der Waals surface area contributed by atoms with E-state index >= 15 is 0 Å². The van der Waals surface area contributed by atoms with Crippen LogP contribution in [0.2, 0.25) is 0 Å². The summed E-state index contributed by atoms with van der Waals surface area (Å²) >= 11 is 0. The van der Waals surface area contributed by atoms with Gasteiger partial charge in [-0.25, -0.2) is 4.39 Å². The third-order valence-electron chi connectivity index (χ3n) is 1.72. The lowest BCUT2D eigenvalue weighted by atomic mass is 10.1. The zero-order chi connectivity index (χ0) is 10.6. The van der Waals surface area contributed by atoms with Crippen molar-refractivity contribution in [2.24, 2.45) is 5.73 Å². The van der Waals surface area contributed by atoms with E-state index in [4.69, 9.17) is 10.5 Å². The lowest BCUT2D eigenvalue weighted by molar-refractivity contribution is 0.369. The first-order valence-corrected chi connectivity index (χ1v) is 4.12. The monoisotopic (exact) mass is 197 g/mol. The Morgan fingerprint density at radius 3 is 2.86 bits per heavy atom. The maximum atomic E-state index is 13.0. The van der Waals surface area contributed by atoms with Gasteiger partial charge in [0.15, 0.2) is 11.5 Å². The summed E-state index contributed by atoms with van der Waals surface area (Å²) in [5.41, 5.74) is 5.60. The summed E-state index contributed by atoms with van der Waals surface area (Å²) in [4.78, 5) is 0. The van der Waals surface area contributed by atoms with Gasteiger partial charge in [-0.3, -0.25) is 0 Å². The van der Waals surface area contributed by atoms with Gasteiger partial charge in [-0.2, -0.15) is 0 Å². The van der Waals surface area contributed by atoms with Crippen LogP contribution < -0.4 is 10.5 Å². The van der Waals surface area contributed by atoms with Crippen molar-refractivity contribution in [1.82, 2.24) is 0 Å². The fourth-order valence-corrected chi connectivity index (χ4v) is 1.07. The van der Waals surface area contributed by atoms with Crippen LogP contribution in [0.1, 0.15) is 5.56 Å². The van der Waals surface area contributed by atoms with Crippen molar-refractivity contribution in [3.05, 3.63) is 29.6 Å². The second-order valence-corrected chi connectivity index (χ2v) is 2.68. The molecule has 76 valence electrons. The minimum atomic E-state index is -0.462. The highest BCUT2D eigenvalue weighted by atomic mass is 19.1. The Hall–Kier alpha value is -1.55. The van der Waals surface area contributed by atoms with Gasteiger partial charge < -0.3 is 15.6 Å². The number of phenols is 1. The molecule has 1 aromatic carbocycles. The number of rotatable bonds is 3. The maximum absolute atomic E-state index is 13.0. The number of nitrogens with two attached hydrogens (primary N) is 1. The van der Waals surface area contributed by atoms with E-state index in [9.17, 15) is 9.50 Å². The normalized spacial score (nSPS) is 10.8. The molecule has 0 spiro atoms. The highest BCUT2D eigenvalue weighted by Gasteiger charge is 2.07. The lowest BCUT2D eigenvalue weighted by Gasteiger charge is -2.06. The van der Waals surface area contributed by atoms with E-state index in [-0.39, 0.29) is 11.5 Å². The molecular formula is C10H12FNO2. The summed E-state index contributed by atoms with van der Waals surface area (Å²) in [5.74, 6) is -0.434. The number of methoxy groups -OCH3 is 1. The van der Waals surface area contributed by atoms with Gasteiger partial charge in [0.1, 0.15) is 5.82 Å². The molecule has 0 fully saturated rings. The molecule has 3 N–H and O–H groups in total.